The van der Waals surface area contributed by atoms with Gasteiger partial charge in [-0.1, -0.05) is 23.7 Å². The third-order valence-corrected chi connectivity index (χ3v) is 6.30. The third-order valence-electron chi connectivity index (χ3n) is 4.33. The summed E-state index contributed by atoms with van der Waals surface area (Å²) in [7, 11) is 0.726. The summed E-state index contributed by atoms with van der Waals surface area (Å²) in [5, 5.41) is 2.94. The van der Waals surface area contributed by atoms with Gasteiger partial charge in [-0.3, -0.25) is 4.79 Å². The summed E-state index contributed by atoms with van der Waals surface area (Å²) in [4.78, 5) is 12.3. The van der Waals surface area contributed by atoms with E-state index in [4.69, 9.17) is 25.8 Å². The van der Waals surface area contributed by atoms with Crippen LogP contribution in [0.1, 0.15) is 24.9 Å². The zero-order valence-electron chi connectivity index (χ0n) is 17.2. The standard InChI is InChI=1S/C20H25ClN2O6S/c1-13(14-11-16(27-2)20(29-4)17(12-14)28-3)23-19(24)9-10-22-30(25,26)18-8-6-5-7-15(18)21/h5-8,11-13,22H,9-10H2,1-4H3,(H,23,24). The second kappa shape index (κ2) is 10.5. The number of nitrogens with one attached hydrogen (secondary N) is 2. The number of hydrogen-bond acceptors (Lipinski definition) is 6. The molecule has 2 aromatic carbocycles. The van der Waals surface area contributed by atoms with Gasteiger partial charge in [-0.2, -0.15) is 0 Å². The Labute approximate surface area is 181 Å². The summed E-state index contributed by atoms with van der Waals surface area (Å²) >= 11 is 5.93. The number of halogens is 1. The lowest BCUT2D eigenvalue weighted by Gasteiger charge is -2.19. The second-order valence-electron chi connectivity index (χ2n) is 6.33. The Kier molecular flexibility index (Phi) is 8.33. The average molecular weight is 457 g/mol. The molecule has 0 heterocycles. The highest BCUT2D eigenvalue weighted by molar-refractivity contribution is 7.89. The molecule has 0 saturated carbocycles. The number of amides is 1. The van der Waals surface area contributed by atoms with Crippen molar-refractivity contribution in [2.24, 2.45) is 0 Å². The quantitative estimate of drug-likeness (QED) is 0.569. The van der Waals surface area contributed by atoms with Gasteiger partial charge in [0.15, 0.2) is 11.5 Å². The molecular formula is C20H25ClN2O6S. The summed E-state index contributed by atoms with van der Waals surface area (Å²) in [6, 6.07) is 9.22. The zero-order chi connectivity index (χ0) is 22.3. The van der Waals surface area contributed by atoms with E-state index in [1.807, 2.05) is 0 Å². The van der Waals surface area contributed by atoms with Crippen LogP contribution in [0.2, 0.25) is 5.02 Å². The molecule has 0 bridgehead atoms. The molecule has 0 aromatic heterocycles. The molecule has 1 amide bonds. The van der Waals surface area contributed by atoms with Gasteiger partial charge >= 0.3 is 0 Å². The molecule has 2 rings (SSSR count). The Bertz CT molecular complexity index is 972. The smallest absolute Gasteiger partial charge is 0.242 e. The van der Waals surface area contributed by atoms with Crippen molar-refractivity contribution in [2.45, 2.75) is 24.3 Å². The van der Waals surface area contributed by atoms with Gasteiger partial charge in [-0.05, 0) is 36.8 Å². The van der Waals surface area contributed by atoms with Crippen molar-refractivity contribution < 1.29 is 27.4 Å². The van der Waals surface area contributed by atoms with Gasteiger partial charge in [0.25, 0.3) is 0 Å². The molecule has 0 radical (unpaired) electrons. The van der Waals surface area contributed by atoms with E-state index in [0.717, 1.165) is 5.56 Å². The third kappa shape index (κ3) is 5.78. The van der Waals surface area contributed by atoms with E-state index >= 15 is 0 Å². The van der Waals surface area contributed by atoms with Gasteiger partial charge in [0.1, 0.15) is 4.90 Å². The Morgan fingerprint density at radius 1 is 1.07 bits per heavy atom. The number of hydrogen-bond donors (Lipinski definition) is 2. The Morgan fingerprint density at radius 3 is 2.20 bits per heavy atom. The maximum Gasteiger partial charge on any atom is 0.242 e. The van der Waals surface area contributed by atoms with Crippen LogP contribution in [0.5, 0.6) is 17.2 Å². The Balaban J connectivity index is 1.99. The highest BCUT2D eigenvalue weighted by Crippen LogP contribution is 2.39. The van der Waals surface area contributed by atoms with Crippen molar-refractivity contribution in [2.75, 3.05) is 27.9 Å². The number of rotatable bonds is 10. The highest BCUT2D eigenvalue weighted by Gasteiger charge is 2.19. The fourth-order valence-electron chi connectivity index (χ4n) is 2.79. The molecule has 30 heavy (non-hydrogen) atoms. The molecular weight excluding hydrogens is 432 g/mol. The number of ether oxygens (including phenoxy) is 3. The molecule has 0 aliphatic carbocycles. The fraction of sp³-hybridized carbons (Fsp3) is 0.350. The maximum atomic E-state index is 12.3. The van der Waals surface area contributed by atoms with Crippen LogP contribution < -0.4 is 24.2 Å². The maximum absolute atomic E-state index is 12.3. The number of carbonyl (C=O) groups excluding carboxylic acids is 1. The van der Waals surface area contributed by atoms with Crippen molar-refractivity contribution in [3.05, 3.63) is 47.0 Å². The minimum Gasteiger partial charge on any atom is -0.493 e. The van der Waals surface area contributed by atoms with E-state index in [9.17, 15) is 13.2 Å². The summed E-state index contributed by atoms with van der Waals surface area (Å²) in [5.41, 5.74) is 0.745. The molecule has 1 unspecified atom stereocenters. The lowest BCUT2D eigenvalue weighted by atomic mass is 10.1. The van der Waals surface area contributed by atoms with Crippen LogP contribution in [0.4, 0.5) is 0 Å². The summed E-state index contributed by atoms with van der Waals surface area (Å²) < 4.78 is 42.9. The minimum atomic E-state index is -3.80. The predicted octanol–water partition coefficient (Wildman–Crippen LogP) is 2.91. The van der Waals surface area contributed by atoms with E-state index in [0.29, 0.717) is 17.2 Å². The van der Waals surface area contributed by atoms with Gasteiger partial charge < -0.3 is 19.5 Å². The lowest BCUT2D eigenvalue weighted by Crippen LogP contribution is -2.32. The van der Waals surface area contributed by atoms with Crippen molar-refractivity contribution in [3.8, 4) is 17.2 Å². The number of sulfonamides is 1. The molecule has 8 nitrogen and oxygen atoms in total. The first-order chi connectivity index (χ1) is 14.2. The SMILES string of the molecule is COc1cc(C(C)NC(=O)CCNS(=O)(=O)c2ccccc2Cl)cc(OC)c1OC. The summed E-state index contributed by atoms with van der Waals surface area (Å²) in [5.74, 6) is 1.08. The second-order valence-corrected chi connectivity index (χ2v) is 8.47. The first-order valence-corrected chi connectivity index (χ1v) is 10.9. The van der Waals surface area contributed by atoms with Gasteiger partial charge in [0.05, 0.1) is 32.4 Å². The fourth-order valence-corrected chi connectivity index (χ4v) is 4.34. The summed E-state index contributed by atoms with van der Waals surface area (Å²) in [6.45, 7) is 1.73. The van der Waals surface area contributed by atoms with Crippen LogP contribution in [0, 0.1) is 0 Å². The molecule has 1 atom stereocenters. The van der Waals surface area contributed by atoms with E-state index < -0.39 is 10.0 Å². The van der Waals surface area contributed by atoms with Gasteiger partial charge in [0, 0.05) is 13.0 Å². The van der Waals surface area contributed by atoms with Crippen LogP contribution in [0.25, 0.3) is 0 Å². The number of carbonyl (C=O) groups is 1. The monoisotopic (exact) mass is 456 g/mol. The number of benzene rings is 2. The van der Waals surface area contributed by atoms with E-state index in [2.05, 4.69) is 10.0 Å². The van der Waals surface area contributed by atoms with Gasteiger partial charge in [-0.25, -0.2) is 13.1 Å². The Morgan fingerprint density at radius 2 is 1.67 bits per heavy atom. The normalized spacial score (nSPS) is 12.2. The molecule has 0 fully saturated rings. The van der Waals surface area contributed by atoms with Crippen LogP contribution in [-0.2, 0) is 14.8 Å². The topological polar surface area (TPSA) is 103 Å². The molecule has 164 valence electrons. The van der Waals surface area contributed by atoms with Crippen LogP contribution in [0.15, 0.2) is 41.3 Å². The Hall–Kier alpha value is -2.49. The molecule has 0 spiro atoms. The minimum absolute atomic E-state index is 0.0298. The van der Waals surface area contributed by atoms with Crippen LogP contribution >= 0.6 is 11.6 Å². The molecule has 2 aromatic rings. The highest BCUT2D eigenvalue weighted by atomic mass is 35.5. The molecule has 2 N–H and O–H groups in total. The molecule has 0 aliphatic heterocycles. The van der Waals surface area contributed by atoms with Crippen molar-refractivity contribution in [1.29, 1.82) is 0 Å². The van der Waals surface area contributed by atoms with Crippen LogP contribution in [0.3, 0.4) is 0 Å². The first kappa shape index (κ1) is 23.8. The van der Waals surface area contributed by atoms with Crippen molar-refractivity contribution in [1.82, 2.24) is 10.0 Å². The van der Waals surface area contributed by atoms with Crippen molar-refractivity contribution >= 4 is 27.5 Å². The van der Waals surface area contributed by atoms with E-state index in [-0.39, 0.29) is 34.8 Å². The van der Waals surface area contributed by atoms with E-state index in [1.165, 1.54) is 33.5 Å². The molecule has 0 saturated heterocycles. The van der Waals surface area contributed by atoms with Crippen LogP contribution in [-0.4, -0.2) is 42.2 Å². The zero-order valence-corrected chi connectivity index (χ0v) is 18.8. The van der Waals surface area contributed by atoms with E-state index in [1.54, 1.807) is 31.2 Å². The first-order valence-electron chi connectivity index (χ1n) is 9.07. The lowest BCUT2D eigenvalue weighted by molar-refractivity contribution is -0.121. The molecule has 10 heteroatoms. The van der Waals surface area contributed by atoms with Gasteiger partial charge in [-0.15, -0.1) is 0 Å². The van der Waals surface area contributed by atoms with Crippen molar-refractivity contribution in [3.63, 3.8) is 0 Å². The number of methoxy groups -OCH3 is 3. The average Bonchev–Trinajstić information content (AvgIpc) is 2.72. The largest absolute Gasteiger partial charge is 0.493 e. The molecule has 0 aliphatic rings. The predicted molar refractivity (Wildman–Crippen MR) is 114 cm³/mol. The van der Waals surface area contributed by atoms with Gasteiger partial charge in [0.2, 0.25) is 21.7 Å². The summed E-state index contributed by atoms with van der Waals surface area (Å²) in [6.07, 6.45) is -0.0432.